The predicted octanol–water partition coefficient (Wildman–Crippen LogP) is 3.39. The second-order valence-electron chi connectivity index (χ2n) is 4.44. The van der Waals surface area contributed by atoms with Crippen molar-refractivity contribution >= 4 is 17.3 Å². The average molecular weight is 237 g/mol. The maximum Gasteiger partial charge on any atom is 0.200 e. The van der Waals surface area contributed by atoms with Crippen molar-refractivity contribution in [2.75, 3.05) is 10.6 Å². The Morgan fingerprint density at radius 3 is 2.67 bits per heavy atom. The van der Waals surface area contributed by atoms with Crippen LogP contribution in [0.15, 0.2) is 53.5 Å². The number of hydrogen-bond donors (Lipinski definition) is 2. The van der Waals surface area contributed by atoms with Gasteiger partial charge in [-0.3, -0.25) is 0 Å². The first kappa shape index (κ1) is 10.8. The molecule has 1 aliphatic heterocycles. The van der Waals surface area contributed by atoms with Crippen molar-refractivity contribution < 1.29 is 0 Å². The maximum atomic E-state index is 4.48. The lowest BCUT2D eigenvalue weighted by atomic mass is 10.1. The Morgan fingerprint density at radius 2 is 1.83 bits per heavy atom. The number of aliphatic imine (C=N–C) groups is 1. The number of para-hydroxylation sites is 1. The van der Waals surface area contributed by atoms with Crippen LogP contribution in [0.5, 0.6) is 0 Å². The zero-order valence-electron chi connectivity index (χ0n) is 10.3. The summed E-state index contributed by atoms with van der Waals surface area (Å²) in [5.41, 5.74) is 4.66. The summed E-state index contributed by atoms with van der Waals surface area (Å²) in [6, 6.07) is 16.5. The second-order valence-corrected chi connectivity index (χ2v) is 4.44. The molecule has 18 heavy (non-hydrogen) atoms. The van der Waals surface area contributed by atoms with E-state index in [0.29, 0.717) is 0 Å². The van der Waals surface area contributed by atoms with Crippen LogP contribution in [0.4, 0.5) is 11.4 Å². The van der Waals surface area contributed by atoms with Crippen molar-refractivity contribution in [3.05, 3.63) is 59.7 Å². The monoisotopic (exact) mass is 237 g/mol. The van der Waals surface area contributed by atoms with E-state index in [2.05, 4.69) is 58.9 Å². The van der Waals surface area contributed by atoms with Gasteiger partial charge in [0.15, 0.2) is 0 Å². The summed E-state index contributed by atoms with van der Waals surface area (Å²) in [4.78, 5) is 4.48. The minimum Gasteiger partial charge on any atom is -0.326 e. The van der Waals surface area contributed by atoms with Gasteiger partial charge < -0.3 is 10.6 Å². The molecule has 0 radical (unpaired) electrons. The Balaban J connectivity index is 1.76. The second kappa shape index (κ2) is 4.53. The fourth-order valence-corrected chi connectivity index (χ4v) is 1.96. The third kappa shape index (κ3) is 2.20. The van der Waals surface area contributed by atoms with Gasteiger partial charge in [-0.15, -0.1) is 0 Å². The molecule has 0 fully saturated rings. The highest BCUT2D eigenvalue weighted by Crippen LogP contribution is 2.20. The number of nitrogens with zero attached hydrogens (tertiary/aromatic N) is 1. The Hall–Kier alpha value is -2.29. The Bertz CT molecular complexity index is 585. The van der Waals surface area contributed by atoms with Gasteiger partial charge >= 0.3 is 0 Å². The summed E-state index contributed by atoms with van der Waals surface area (Å²) in [5.74, 6) is 0.803. The van der Waals surface area contributed by atoms with Gasteiger partial charge in [0.2, 0.25) is 5.96 Å². The predicted molar refractivity (Wildman–Crippen MR) is 76.0 cm³/mol. The van der Waals surface area contributed by atoms with Gasteiger partial charge in [-0.25, -0.2) is 4.99 Å². The number of guanidine groups is 1. The number of fused-ring (bicyclic) bond motifs is 1. The topological polar surface area (TPSA) is 36.4 Å². The molecule has 0 spiro atoms. The van der Waals surface area contributed by atoms with Crippen LogP contribution in [0.3, 0.4) is 0 Å². The molecule has 1 aliphatic rings. The summed E-state index contributed by atoms with van der Waals surface area (Å²) in [7, 11) is 0. The van der Waals surface area contributed by atoms with Crippen LogP contribution in [-0.4, -0.2) is 5.96 Å². The summed E-state index contributed by atoms with van der Waals surface area (Å²) in [6.45, 7) is 2.80. The van der Waals surface area contributed by atoms with E-state index in [1.165, 1.54) is 11.1 Å². The third-order valence-electron chi connectivity index (χ3n) is 2.99. The van der Waals surface area contributed by atoms with Crippen LogP contribution >= 0.6 is 0 Å². The number of aryl methyl sites for hydroxylation is 1. The lowest BCUT2D eigenvalue weighted by molar-refractivity contribution is 1.04. The molecule has 0 unspecified atom stereocenters. The first-order chi connectivity index (χ1) is 8.81. The van der Waals surface area contributed by atoms with E-state index < -0.39 is 0 Å². The van der Waals surface area contributed by atoms with Crippen molar-refractivity contribution in [2.45, 2.75) is 13.5 Å². The molecule has 0 saturated carbocycles. The number of rotatable bonds is 1. The highest BCUT2D eigenvalue weighted by atomic mass is 15.2. The zero-order chi connectivity index (χ0) is 12.4. The lowest BCUT2D eigenvalue weighted by Gasteiger charge is -2.19. The number of hydrogen-bond acceptors (Lipinski definition) is 3. The molecular weight excluding hydrogens is 222 g/mol. The Labute approximate surface area is 107 Å². The highest BCUT2D eigenvalue weighted by molar-refractivity contribution is 6.04. The summed E-state index contributed by atoms with van der Waals surface area (Å²) in [6.07, 6.45) is 0. The van der Waals surface area contributed by atoms with E-state index in [1.54, 1.807) is 0 Å². The number of benzene rings is 2. The van der Waals surface area contributed by atoms with Crippen LogP contribution < -0.4 is 10.6 Å². The van der Waals surface area contributed by atoms with Crippen LogP contribution in [0.2, 0.25) is 0 Å². The molecule has 0 aliphatic carbocycles. The summed E-state index contributed by atoms with van der Waals surface area (Å²) >= 11 is 0. The molecule has 0 bridgehead atoms. The zero-order valence-corrected chi connectivity index (χ0v) is 10.3. The molecule has 2 aromatic carbocycles. The molecule has 3 heteroatoms. The van der Waals surface area contributed by atoms with Gasteiger partial charge in [-0.2, -0.15) is 0 Å². The summed E-state index contributed by atoms with van der Waals surface area (Å²) in [5, 5.41) is 6.59. The van der Waals surface area contributed by atoms with Crippen molar-refractivity contribution in [1.29, 1.82) is 0 Å². The molecule has 2 N–H and O–H groups in total. The quantitative estimate of drug-likeness (QED) is 0.797. The smallest absolute Gasteiger partial charge is 0.200 e. The molecule has 0 amide bonds. The standard InChI is InChI=1S/C15H15N3/c1-11-6-8-13(9-7-11)17-15-16-10-12-4-2-3-5-14(12)18-15/h2-9H,10H2,1H3,(H2,16,17,18). The fourth-order valence-electron chi connectivity index (χ4n) is 1.96. The van der Waals surface area contributed by atoms with Gasteiger partial charge in [0.05, 0.1) is 6.54 Å². The van der Waals surface area contributed by atoms with E-state index in [4.69, 9.17) is 0 Å². The van der Waals surface area contributed by atoms with E-state index >= 15 is 0 Å². The minimum atomic E-state index is 0.720. The number of anilines is 2. The van der Waals surface area contributed by atoms with Gasteiger partial charge in [0.1, 0.15) is 0 Å². The largest absolute Gasteiger partial charge is 0.326 e. The van der Waals surface area contributed by atoms with E-state index in [-0.39, 0.29) is 0 Å². The first-order valence-corrected chi connectivity index (χ1v) is 6.04. The van der Waals surface area contributed by atoms with Crippen LogP contribution in [-0.2, 0) is 6.54 Å². The minimum absolute atomic E-state index is 0.720. The van der Waals surface area contributed by atoms with Gasteiger partial charge in [-0.05, 0) is 30.7 Å². The van der Waals surface area contributed by atoms with Gasteiger partial charge in [0.25, 0.3) is 0 Å². The first-order valence-electron chi connectivity index (χ1n) is 6.04. The van der Waals surface area contributed by atoms with Crippen molar-refractivity contribution in [1.82, 2.24) is 0 Å². The molecular formula is C15H15N3. The van der Waals surface area contributed by atoms with Gasteiger partial charge in [-0.1, -0.05) is 35.9 Å². The average Bonchev–Trinajstić information content (AvgIpc) is 2.41. The normalized spacial score (nSPS) is 13.3. The molecule has 1 heterocycles. The lowest BCUT2D eigenvalue weighted by Crippen LogP contribution is -2.25. The summed E-state index contributed by atoms with van der Waals surface area (Å²) < 4.78 is 0. The van der Waals surface area contributed by atoms with E-state index in [9.17, 15) is 0 Å². The third-order valence-corrected chi connectivity index (χ3v) is 2.99. The van der Waals surface area contributed by atoms with Crippen LogP contribution in [0.1, 0.15) is 11.1 Å². The molecule has 2 aromatic rings. The highest BCUT2D eigenvalue weighted by Gasteiger charge is 2.10. The molecule has 0 atom stereocenters. The Kier molecular flexibility index (Phi) is 2.73. The van der Waals surface area contributed by atoms with Crippen molar-refractivity contribution in [3.8, 4) is 0 Å². The van der Waals surface area contributed by atoms with Gasteiger partial charge in [0, 0.05) is 11.4 Å². The number of nitrogens with one attached hydrogen (secondary N) is 2. The van der Waals surface area contributed by atoms with E-state index in [1.807, 2.05) is 12.1 Å². The maximum absolute atomic E-state index is 4.48. The molecule has 3 nitrogen and oxygen atoms in total. The van der Waals surface area contributed by atoms with Crippen LogP contribution in [0, 0.1) is 6.92 Å². The SMILES string of the molecule is Cc1ccc(NC2=NCc3ccccc3N2)cc1. The van der Waals surface area contributed by atoms with Crippen LogP contribution in [0.25, 0.3) is 0 Å². The molecule has 0 aromatic heterocycles. The van der Waals surface area contributed by atoms with E-state index in [0.717, 1.165) is 23.9 Å². The Morgan fingerprint density at radius 1 is 1.06 bits per heavy atom. The molecule has 90 valence electrons. The van der Waals surface area contributed by atoms with Crippen molar-refractivity contribution in [3.63, 3.8) is 0 Å². The molecule has 0 saturated heterocycles. The van der Waals surface area contributed by atoms with Crippen molar-refractivity contribution in [2.24, 2.45) is 4.99 Å². The molecule has 3 rings (SSSR count). The fraction of sp³-hybridized carbons (Fsp3) is 0.133.